The van der Waals surface area contributed by atoms with Gasteiger partial charge in [0.25, 0.3) is 0 Å². The molecule has 4 nitrogen and oxygen atoms in total. The number of rotatable bonds is 11. The first-order valence-electron chi connectivity index (χ1n) is 8.42. The van der Waals surface area contributed by atoms with Crippen LogP contribution in [0.3, 0.4) is 0 Å². The first-order chi connectivity index (χ1) is 10.3. The highest BCUT2D eigenvalue weighted by atomic mass is 16.5. The Bertz CT molecular complexity index is 382. The average Bonchev–Trinajstić information content (AvgIpc) is 2.51. The second-order valence-electron chi connectivity index (χ2n) is 5.27. The van der Waals surface area contributed by atoms with Crippen molar-refractivity contribution in [3.05, 3.63) is 22.8 Å². The summed E-state index contributed by atoms with van der Waals surface area (Å²) >= 11 is 0. The Morgan fingerprint density at radius 3 is 2.10 bits per heavy atom. The molecule has 1 N–H and O–H groups in total. The molecule has 0 fully saturated rings. The monoisotopic (exact) mass is 293 g/mol. The van der Waals surface area contributed by atoms with Crippen molar-refractivity contribution in [2.24, 2.45) is 0 Å². The first-order valence-corrected chi connectivity index (χ1v) is 8.42. The van der Waals surface area contributed by atoms with Gasteiger partial charge in [-0.15, -0.1) is 0 Å². The number of aryl methyl sites for hydroxylation is 2. The lowest BCUT2D eigenvalue weighted by molar-refractivity contribution is 0.115. The molecule has 0 atom stereocenters. The van der Waals surface area contributed by atoms with E-state index in [0.29, 0.717) is 6.61 Å². The van der Waals surface area contributed by atoms with Crippen LogP contribution in [0.1, 0.15) is 63.3 Å². The third-order valence-electron chi connectivity index (χ3n) is 3.45. The van der Waals surface area contributed by atoms with Crippen LogP contribution >= 0.6 is 0 Å². The number of hydrogen-bond acceptors (Lipinski definition) is 4. The number of nitrogens with one attached hydrogen (secondary N) is 1. The summed E-state index contributed by atoms with van der Waals surface area (Å²) in [5.41, 5.74) is 3.72. The van der Waals surface area contributed by atoms with Crippen LogP contribution < -0.4 is 5.32 Å². The van der Waals surface area contributed by atoms with E-state index in [4.69, 9.17) is 14.7 Å². The quantitative estimate of drug-likeness (QED) is 0.637. The third kappa shape index (κ3) is 6.10. The molecule has 0 saturated carbocycles. The topological polar surface area (TPSA) is 47.0 Å². The molecule has 1 rings (SSSR count). The van der Waals surface area contributed by atoms with Crippen molar-refractivity contribution in [1.82, 2.24) is 15.3 Å². The van der Waals surface area contributed by atoms with Crippen LogP contribution in [0, 0.1) is 0 Å². The average molecular weight is 293 g/mol. The van der Waals surface area contributed by atoms with Gasteiger partial charge < -0.3 is 10.1 Å². The minimum Gasteiger partial charge on any atom is -0.373 e. The van der Waals surface area contributed by atoms with Gasteiger partial charge in [-0.3, -0.25) is 0 Å². The Hall–Kier alpha value is -1.00. The van der Waals surface area contributed by atoms with Gasteiger partial charge in [-0.25, -0.2) is 9.97 Å². The van der Waals surface area contributed by atoms with Crippen LogP contribution in [0.5, 0.6) is 0 Å². The number of hydrogen-bond donors (Lipinski definition) is 1. The van der Waals surface area contributed by atoms with Crippen LogP contribution in [-0.2, 0) is 30.6 Å². The van der Waals surface area contributed by atoms with E-state index in [1.54, 1.807) is 0 Å². The molecule has 0 radical (unpaired) electrons. The lowest BCUT2D eigenvalue weighted by Crippen LogP contribution is -2.20. The second-order valence-corrected chi connectivity index (χ2v) is 5.27. The van der Waals surface area contributed by atoms with E-state index >= 15 is 0 Å². The standard InChI is InChI=1S/C17H31N3O/c1-5-10-18-11-9-14-15(7-3)19-17(13-21-12-6-2)20-16(14)8-4/h18H,5-13H2,1-4H3. The van der Waals surface area contributed by atoms with Gasteiger partial charge in [0.1, 0.15) is 6.61 Å². The fourth-order valence-corrected chi connectivity index (χ4v) is 2.40. The van der Waals surface area contributed by atoms with Gasteiger partial charge in [-0.05, 0) is 50.8 Å². The normalized spacial score (nSPS) is 11.0. The second kappa shape index (κ2) is 10.7. The zero-order valence-corrected chi connectivity index (χ0v) is 14.2. The van der Waals surface area contributed by atoms with Gasteiger partial charge in [-0.2, -0.15) is 0 Å². The minimum absolute atomic E-state index is 0.530. The Morgan fingerprint density at radius 2 is 1.57 bits per heavy atom. The molecule has 0 bridgehead atoms. The maximum absolute atomic E-state index is 5.58. The summed E-state index contributed by atoms with van der Waals surface area (Å²) in [7, 11) is 0. The number of nitrogens with zero attached hydrogens (tertiary/aromatic N) is 2. The van der Waals surface area contributed by atoms with Crippen molar-refractivity contribution in [2.75, 3.05) is 19.7 Å². The molecule has 0 saturated heterocycles. The van der Waals surface area contributed by atoms with Gasteiger partial charge in [0.15, 0.2) is 5.82 Å². The van der Waals surface area contributed by atoms with E-state index in [0.717, 1.165) is 51.2 Å². The smallest absolute Gasteiger partial charge is 0.154 e. The SMILES string of the molecule is CCCNCCc1c(CC)nc(COCCC)nc1CC. The van der Waals surface area contributed by atoms with E-state index < -0.39 is 0 Å². The lowest BCUT2D eigenvalue weighted by Gasteiger charge is -2.14. The summed E-state index contributed by atoms with van der Waals surface area (Å²) in [5, 5.41) is 3.46. The van der Waals surface area contributed by atoms with Crippen molar-refractivity contribution in [2.45, 2.75) is 66.4 Å². The molecule has 0 aliphatic rings. The van der Waals surface area contributed by atoms with E-state index in [-0.39, 0.29) is 0 Å². The highest BCUT2D eigenvalue weighted by molar-refractivity contribution is 5.27. The highest BCUT2D eigenvalue weighted by Crippen LogP contribution is 2.15. The predicted molar refractivity (Wildman–Crippen MR) is 87.6 cm³/mol. The molecule has 4 heteroatoms. The molecule has 21 heavy (non-hydrogen) atoms. The summed E-state index contributed by atoms with van der Waals surface area (Å²) in [5.74, 6) is 0.836. The fraction of sp³-hybridized carbons (Fsp3) is 0.765. The molecule has 0 unspecified atom stereocenters. The van der Waals surface area contributed by atoms with Gasteiger partial charge >= 0.3 is 0 Å². The summed E-state index contributed by atoms with van der Waals surface area (Å²) in [6, 6.07) is 0. The maximum atomic E-state index is 5.58. The molecule has 120 valence electrons. The predicted octanol–water partition coefficient (Wildman–Crippen LogP) is 3.07. The third-order valence-corrected chi connectivity index (χ3v) is 3.45. The molecule has 0 amide bonds. The molecule has 1 aromatic heterocycles. The van der Waals surface area contributed by atoms with Crippen LogP contribution in [0.2, 0.25) is 0 Å². The number of aromatic nitrogens is 2. The fourth-order valence-electron chi connectivity index (χ4n) is 2.40. The van der Waals surface area contributed by atoms with Gasteiger partial charge in [0.2, 0.25) is 0 Å². The van der Waals surface area contributed by atoms with Crippen molar-refractivity contribution in [3.63, 3.8) is 0 Å². The minimum atomic E-state index is 0.530. The Balaban J connectivity index is 2.80. The van der Waals surface area contributed by atoms with E-state index in [9.17, 15) is 0 Å². The van der Waals surface area contributed by atoms with Gasteiger partial charge in [-0.1, -0.05) is 27.7 Å². The molecule has 1 heterocycles. The maximum Gasteiger partial charge on any atom is 0.154 e. The molecular formula is C17H31N3O. The molecule has 0 spiro atoms. The summed E-state index contributed by atoms with van der Waals surface area (Å²) in [6.07, 6.45) is 5.13. The van der Waals surface area contributed by atoms with Gasteiger partial charge in [0.05, 0.1) is 0 Å². The Labute approximate surface area is 129 Å². The van der Waals surface area contributed by atoms with E-state index in [1.165, 1.54) is 23.4 Å². The zero-order valence-electron chi connectivity index (χ0n) is 14.2. The molecular weight excluding hydrogens is 262 g/mol. The van der Waals surface area contributed by atoms with Crippen LogP contribution in [0.4, 0.5) is 0 Å². The molecule has 0 aliphatic carbocycles. The summed E-state index contributed by atoms with van der Waals surface area (Å²) < 4.78 is 5.58. The van der Waals surface area contributed by atoms with Crippen molar-refractivity contribution < 1.29 is 4.74 Å². The largest absolute Gasteiger partial charge is 0.373 e. The molecule has 1 aromatic rings. The molecule has 0 aromatic carbocycles. The van der Waals surface area contributed by atoms with Crippen molar-refractivity contribution in [1.29, 1.82) is 0 Å². The van der Waals surface area contributed by atoms with Gasteiger partial charge in [0, 0.05) is 18.0 Å². The summed E-state index contributed by atoms with van der Waals surface area (Å²) in [4.78, 5) is 9.41. The summed E-state index contributed by atoms with van der Waals surface area (Å²) in [6.45, 7) is 12.0. The lowest BCUT2D eigenvalue weighted by atomic mass is 10.0. The number of ether oxygens (including phenoxy) is 1. The Morgan fingerprint density at radius 1 is 0.905 bits per heavy atom. The van der Waals surface area contributed by atoms with Crippen LogP contribution in [0.25, 0.3) is 0 Å². The highest BCUT2D eigenvalue weighted by Gasteiger charge is 2.12. The molecule has 0 aliphatic heterocycles. The van der Waals surface area contributed by atoms with Crippen LogP contribution in [0.15, 0.2) is 0 Å². The first kappa shape index (κ1) is 18.1. The Kier molecular flexibility index (Phi) is 9.19. The van der Waals surface area contributed by atoms with Crippen molar-refractivity contribution >= 4 is 0 Å². The van der Waals surface area contributed by atoms with E-state index in [1.807, 2.05) is 0 Å². The zero-order chi connectivity index (χ0) is 15.5. The van der Waals surface area contributed by atoms with E-state index in [2.05, 4.69) is 33.0 Å². The van der Waals surface area contributed by atoms with Crippen molar-refractivity contribution in [3.8, 4) is 0 Å². The van der Waals surface area contributed by atoms with Crippen LogP contribution in [-0.4, -0.2) is 29.7 Å².